The molecule has 0 bridgehead atoms. The number of nitrogens with one attached hydrogen (secondary N) is 1. The van der Waals surface area contributed by atoms with Crippen LogP contribution in [-0.4, -0.2) is 61.7 Å². The maximum Gasteiger partial charge on any atom is 0.0110 e. The van der Waals surface area contributed by atoms with Gasteiger partial charge in [0, 0.05) is 32.2 Å². The minimum atomic E-state index is 0.918. The average Bonchev–Trinajstić information content (AvgIpc) is 3.21. The third kappa shape index (κ3) is 6.72. The Balaban J connectivity index is 2.00. The summed E-state index contributed by atoms with van der Waals surface area (Å²) >= 11 is 0. The van der Waals surface area contributed by atoms with E-state index in [-0.39, 0.29) is 0 Å². The van der Waals surface area contributed by atoms with Crippen LogP contribution in [-0.2, 0) is 0 Å². The smallest absolute Gasteiger partial charge is 0.0110 e. The molecule has 3 nitrogen and oxygen atoms in total. The van der Waals surface area contributed by atoms with Gasteiger partial charge in [0.1, 0.15) is 0 Å². The second-order valence-electron chi connectivity index (χ2n) is 5.40. The predicted octanol–water partition coefficient (Wildman–Crippen LogP) is 2.18. The molecule has 0 aromatic rings. The summed E-state index contributed by atoms with van der Waals surface area (Å²) in [5, 5.41) is 3.59. The van der Waals surface area contributed by atoms with Crippen molar-refractivity contribution in [2.75, 3.05) is 45.8 Å². The maximum absolute atomic E-state index is 3.59. The minimum Gasteiger partial charge on any atom is -0.314 e. The van der Waals surface area contributed by atoms with Gasteiger partial charge in [0.15, 0.2) is 0 Å². The molecule has 0 amide bonds. The number of nitrogens with zero attached hydrogens (tertiary/aromatic N) is 2. The number of likely N-dealkylation sites (N-methyl/N-ethyl adjacent to an activating group) is 1. The van der Waals surface area contributed by atoms with Crippen LogP contribution in [0, 0.1) is 0 Å². The summed E-state index contributed by atoms with van der Waals surface area (Å²) in [7, 11) is 0. The zero-order chi connectivity index (χ0) is 13.2. The Bertz CT molecular complexity index is 188. The quantitative estimate of drug-likeness (QED) is 0.539. The first-order valence-corrected chi connectivity index (χ1v) is 7.98. The van der Waals surface area contributed by atoms with E-state index in [0.29, 0.717) is 0 Å². The summed E-state index contributed by atoms with van der Waals surface area (Å²) in [5.41, 5.74) is 0. The molecule has 1 N–H and O–H groups in total. The van der Waals surface area contributed by atoms with Gasteiger partial charge >= 0.3 is 0 Å². The molecule has 0 unspecified atom stereocenters. The molecule has 1 aliphatic rings. The van der Waals surface area contributed by atoms with Gasteiger partial charge in [-0.1, -0.05) is 27.2 Å². The van der Waals surface area contributed by atoms with E-state index in [9.17, 15) is 0 Å². The van der Waals surface area contributed by atoms with Gasteiger partial charge in [0.05, 0.1) is 0 Å². The van der Waals surface area contributed by atoms with Crippen molar-refractivity contribution >= 4 is 0 Å². The second kappa shape index (κ2) is 9.76. The fourth-order valence-corrected chi connectivity index (χ4v) is 2.40. The molecule has 3 heteroatoms. The van der Waals surface area contributed by atoms with Crippen molar-refractivity contribution in [1.29, 1.82) is 0 Å². The van der Waals surface area contributed by atoms with Gasteiger partial charge in [0.2, 0.25) is 0 Å². The summed E-state index contributed by atoms with van der Waals surface area (Å²) in [6.45, 7) is 15.1. The fraction of sp³-hybridized carbons (Fsp3) is 1.00. The van der Waals surface area contributed by atoms with Crippen LogP contribution >= 0.6 is 0 Å². The fourth-order valence-electron chi connectivity index (χ4n) is 2.40. The molecule has 0 heterocycles. The lowest BCUT2D eigenvalue weighted by Crippen LogP contribution is -2.37. The van der Waals surface area contributed by atoms with Crippen LogP contribution < -0.4 is 5.32 Å². The summed E-state index contributed by atoms with van der Waals surface area (Å²) in [4.78, 5) is 5.16. The van der Waals surface area contributed by atoms with E-state index in [1.165, 1.54) is 58.4 Å². The van der Waals surface area contributed by atoms with Crippen LogP contribution in [0.5, 0.6) is 0 Å². The Morgan fingerprint density at radius 2 is 1.61 bits per heavy atom. The first-order valence-electron chi connectivity index (χ1n) is 7.98. The third-order valence-electron chi connectivity index (χ3n) is 3.94. The lowest BCUT2D eigenvalue weighted by molar-refractivity contribution is 0.253. The topological polar surface area (TPSA) is 18.5 Å². The number of unbranched alkanes of at least 4 members (excludes halogenated alkanes) is 1. The van der Waals surface area contributed by atoms with E-state index in [1.807, 2.05) is 0 Å². The van der Waals surface area contributed by atoms with Gasteiger partial charge < -0.3 is 10.2 Å². The standard InChI is InChI=1S/C15H33N3/c1-4-7-12-18(15-8-9-15)14-11-16-10-13-17(5-2)6-3/h15-16H,4-14H2,1-3H3. The normalized spacial score (nSPS) is 15.8. The van der Waals surface area contributed by atoms with Crippen LogP contribution in [0.2, 0.25) is 0 Å². The van der Waals surface area contributed by atoms with Crippen molar-refractivity contribution in [3.63, 3.8) is 0 Å². The van der Waals surface area contributed by atoms with Crippen molar-refractivity contribution in [3.8, 4) is 0 Å². The van der Waals surface area contributed by atoms with Gasteiger partial charge in [0.25, 0.3) is 0 Å². The van der Waals surface area contributed by atoms with Crippen molar-refractivity contribution in [1.82, 2.24) is 15.1 Å². The number of rotatable bonds is 12. The summed E-state index contributed by atoms with van der Waals surface area (Å²) in [6, 6.07) is 0.918. The third-order valence-corrected chi connectivity index (χ3v) is 3.94. The van der Waals surface area contributed by atoms with Crippen LogP contribution in [0.1, 0.15) is 46.5 Å². The molecule has 0 radical (unpaired) electrons. The Morgan fingerprint density at radius 1 is 0.944 bits per heavy atom. The first kappa shape index (κ1) is 15.9. The lowest BCUT2D eigenvalue weighted by Gasteiger charge is -2.22. The van der Waals surface area contributed by atoms with Gasteiger partial charge in [-0.2, -0.15) is 0 Å². The minimum absolute atomic E-state index is 0.918. The molecular formula is C15H33N3. The molecule has 0 spiro atoms. The Morgan fingerprint density at radius 3 is 2.17 bits per heavy atom. The molecule has 0 atom stereocenters. The molecule has 1 saturated carbocycles. The molecule has 1 rings (SSSR count). The van der Waals surface area contributed by atoms with Gasteiger partial charge in [-0.25, -0.2) is 0 Å². The highest BCUT2D eigenvalue weighted by molar-refractivity contribution is 4.84. The predicted molar refractivity (Wildman–Crippen MR) is 80.2 cm³/mol. The molecule has 0 saturated heterocycles. The van der Waals surface area contributed by atoms with E-state index < -0.39 is 0 Å². The molecule has 0 aromatic heterocycles. The molecule has 0 aromatic carbocycles. The highest BCUT2D eigenvalue weighted by Crippen LogP contribution is 2.26. The molecule has 108 valence electrons. The van der Waals surface area contributed by atoms with E-state index in [2.05, 4.69) is 35.9 Å². The summed E-state index contributed by atoms with van der Waals surface area (Å²) < 4.78 is 0. The van der Waals surface area contributed by atoms with E-state index in [4.69, 9.17) is 0 Å². The first-order chi connectivity index (χ1) is 8.81. The lowest BCUT2D eigenvalue weighted by atomic mass is 10.3. The summed E-state index contributed by atoms with van der Waals surface area (Å²) in [5.74, 6) is 0. The largest absolute Gasteiger partial charge is 0.314 e. The van der Waals surface area contributed by atoms with Crippen LogP contribution in [0.4, 0.5) is 0 Å². The SMILES string of the molecule is CCCCN(CCNCCN(CC)CC)C1CC1. The zero-order valence-corrected chi connectivity index (χ0v) is 12.7. The van der Waals surface area contributed by atoms with Crippen LogP contribution in [0.3, 0.4) is 0 Å². The van der Waals surface area contributed by atoms with Crippen molar-refractivity contribution in [3.05, 3.63) is 0 Å². The van der Waals surface area contributed by atoms with Crippen molar-refractivity contribution < 1.29 is 0 Å². The molecular weight excluding hydrogens is 222 g/mol. The van der Waals surface area contributed by atoms with E-state index >= 15 is 0 Å². The van der Waals surface area contributed by atoms with E-state index in [1.54, 1.807) is 0 Å². The van der Waals surface area contributed by atoms with Gasteiger partial charge in [-0.3, -0.25) is 4.90 Å². The monoisotopic (exact) mass is 255 g/mol. The van der Waals surface area contributed by atoms with Crippen LogP contribution in [0.25, 0.3) is 0 Å². The summed E-state index contributed by atoms with van der Waals surface area (Å²) in [6.07, 6.45) is 5.54. The Labute approximate surface area is 114 Å². The highest BCUT2D eigenvalue weighted by Gasteiger charge is 2.27. The van der Waals surface area contributed by atoms with Crippen molar-refractivity contribution in [2.24, 2.45) is 0 Å². The Kier molecular flexibility index (Phi) is 8.64. The van der Waals surface area contributed by atoms with Gasteiger partial charge in [-0.15, -0.1) is 0 Å². The molecule has 1 aliphatic carbocycles. The second-order valence-corrected chi connectivity index (χ2v) is 5.40. The average molecular weight is 255 g/mol. The number of hydrogen-bond acceptors (Lipinski definition) is 3. The van der Waals surface area contributed by atoms with Crippen LogP contribution in [0.15, 0.2) is 0 Å². The number of hydrogen-bond donors (Lipinski definition) is 1. The molecule has 18 heavy (non-hydrogen) atoms. The Hall–Kier alpha value is -0.120. The van der Waals surface area contributed by atoms with E-state index in [0.717, 1.165) is 19.1 Å². The molecule has 1 fully saturated rings. The van der Waals surface area contributed by atoms with Crippen molar-refractivity contribution in [2.45, 2.75) is 52.5 Å². The van der Waals surface area contributed by atoms with Gasteiger partial charge in [-0.05, 0) is 38.9 Å². The molecule has 0 aliphatic heterocycles. The highest BCUT2D eigenvalue weighted by atomic mass is 15.2. The zero-order valence-electron chi connectivity index (χ0n) is 12.7. The maximum atomic E-state index is 3.59.